The summed E-state index contributed by atoms with van der Waals surface area (Å²) in [5.41, 5.74) is 1.17. The van der Waals surface area contributed by atoms with E-state index >= 15 is 0 Å². The van der Waals surface area contributed by atoms with Gasteiger partial charge in [-0.15, -0.1) is 0 Å². The van der Waals surface area contributed by atoms with Crippen LogP contribution >= 0.6 is 0 Å². The molecule has 0 aliphatic heterocycles. The van der Waals surface area contributed by atoms with E-state index in [2.05, 4.69) is 34.5 Å². The number of hydrogen-bond acceptors (Lipinski definition) is 3. The minimum absolute atomic E-state index is 0.00383. The van der Waals surface area contributed by atoms with Crippen LogP contribution in [0.25, 0.3) is 0 Å². The molecule has 1 aliphatic rings. The summed E-state index contributed by atoms with van der Waals surface area (Å²) < 4.78 is 1.74. The van der Waals surface area contributed by atoms with Gasteiger partial charge in [-0.25, -0.2) is 9.78 Å². The lowest BCUT2D eigenvalue weighted by Crippen LogP contribution is -2.48. The van der Waals surface area contributed by atoms with E-state index in [9.17, 15) is 4.79 Å². The van der Waals surface area contributed by atoms with Crippen LogP contribution in [0.5, 0.6) is 0 Å². The number of amides is 2. The highest BCUT2D eigenvalue weighted by Gasteiger charge is 2.28. The summed E-state index contributed by atoms with van der Waals surface area (Å²) >= 11 is 0. The maximum atomic E-state index is 12.9. The van der Waals surface area contributed by atoms with Gasteiger partial charge in [0.1, 0.15) is 12.7 Å². The van der Waals surface area contributed by atoms with Crippen molar-refractivity contribution in [3.05, 3.63) is 48.5 Å². The van der Waals surface area contributed by atoms with Crippen molar-refractivity contribution in [2.45, 2.75) is 51.7 Å². The second-order valence-electron chi connectivity index (χ2n) is 7.00. The van der Waals surface area contributed by atoms with E-state index in [1.807, 2.05) is 30.0 Å². The summed E-state index contributed by atoms with van der Waals surface area (Å²) in [6.45, 7) is 5.53. The molecule has 25 heavy (non-hydrogen) atoms. The van der Waals surface area contributed by atoms with Crippen LogP contribution in [0.4, 0.5) is 4.79 Å². The van der Waals surface area contributed by atoms with Gasteiger partial charge in [-0.2, -0.15) is 5.10 Å². The molecular formula is C19H27N5O. The van der Waals surface area contributed by atoms with Gasteiger partial charge in [-0.05, 0) is 38.2 Å². The monoisotopic (exact) mass is 341 g/mol. The maximum absolute atomic E-state index is 12.9. The molecular weight excluding hydrogens is 314 g/mol. The molecule has 134 valence electrons. The van der Waals surface area contributed by atoms with Crippen LogP contribution in [-0.2, 0) is 6.54 Å². The highest BCUT2D eigenvalue weighted by atomic mass is 16.2. The Labute approximate surface area is 149 Å². The molecule has 6 nitrogen and oxygen atoms in total. The zero-order chi connectivity index (χ0) is 17.6. The van der Waals surface area contributed by atoms with Gasteiger partial charge in [0.2, 0.25) is 0 Å². The van der Waals surface area contributed by atoms with E-state index in [-0.39, 0.29) is 18.1 Å². The quantitative estimate of drug-likeness (QED) is 0.841. The minimum Gasteiger partial charge on any atom is -0.334 e. The molecule has 1 aliphatic carbocycles. The fourth-order valence-electron chi connectivity index (χ4n) is 3.23. The van der Waals surface area contributed by atoms with Crippen LogP contribution in [0.2, 0.25) is 0 Å². The predicted octanol–water partition coefficient (Wildman–Crippen LogP) is 3.24. The number of carbonyl (C=O) groups is 1. The number of nitrogens with zero attached hydrogens (tertiary/aromatic N) is 4. The second-order valence-corrected chi connectivity index (χ2v) is 7.00. The van der Waals surface area contributed by atoms with Gasteiger partial charge in [-0.1, -0.05) is 36.8 Å². The third kappa shape index (κ3) is 4.59. The van der Waals surface area contributed by atoms with E-state index in [1.165, 1.54) is 31.2 Å². The molecule has 2 unspecified atom stereocenters. The molecule has 1 aromatic carbocycles. The van der Waals surface area contributed by atoms with Gasteiger partial charge in [-0.3, -0.25) is 4.68 Å². The van der Waals surface area contributed by atoms with E-state index in [0.29, 0.717) is 12.5 Å². The molecule has 2 atom stereocenters. The Morgan fingerprint density at radius 3 is 2.68 bits per heavy atom. The summed E-state index contributed by atoms with van der Waals surface area (Å²) in [5, 5.41) is 7.22. The fraction of sp³-hybridized carbons (Fsp3) is 0.526. The van der Waals surface area contributed by atoms with E-state index in [4.69, 9.17) is 0 Å². The summed E-state index contributed by atoms with van der Waals surface area (Å²) in [4.78, 5) is 18.9. The first-order valence-corrected chi connectivity index (χ1v) is 9.08. The van der Waals surface area contributed by atoms with Crippen LogP contribution < -0.4 is 5.32 Å². The van der Waals surface area contributed by atoms with Crippen molar-refractivity contribution in [3.63, 3.8) is 0 Å². The first kappa shape index (κ1) is 17.5. The average molecular weight is 341 g/mol. The number of benzene rings is 1. The van der Waals surface area contributed by atoms with E-state index in [1.54, 1.807) is 11.0 Å². The van der Waals surface area contributed by atoms with Crippen LogP contribution in [0.1, 0.15) is 44.7 Å². The minimum atomic E-state index is -0.0129. The van der Waals surface area contributed by atoms with Crippen molar-refractivity contribution < 1.29 is 4.79 Å². The summed E-state index contributed by atoms with van der Waals surface area (Å²) in [6.07, 6.45) is 6.90. The second kappa shape index (κ2) is 8.14. The van der Waals surface area contributed by atoms with Gasteiger partial charge in [0, 0.05) is 12.6 Å². The van der Waals surface area contributed by atoms with Crippen molar-refractivity contribution in [2.75, 3.05) is 6.54 Å². The molecule has 0 bridgehead atoms. The number of carbonyl (C=O) groups excluding carboxylic acids is 1. The van der Waals surface area contributed by atoms with Crippen molar-refractivity contribution in [1.82, 2.24) is 25.0 Å². The SMILES string of the molecule is CC(Cn1cncn1)NC(=O)N(CC1CCC1)C(C)c1ccccc1. The zero-order valence-electron chi connectivity index (χ0n) is 15.0. The average Bonchev–Trinajstić information content (AvgIpc) is 3.06. The third-order valence-electron chi connectivity index (χ3n) is 4.99. The normalized spacial score (nSPS) is 16.7. The highest BCUT2D eigenvalue weighted by molar-refractivity contribution is 5.75. The maximum Gasteiger partial charge on any atom is 0.318 e. The summed E-state index contributed by atoms with van der Waals surface area (Å²) in [6, 6.07) is 10.3. The molecule has 1 N–H and O–H groups in total. The molecule has 2 amide bonds. The number of aromatic nitrogens is 3. The number of nitrogens with one attached hydrogen (secondary N) is 1. The van der Waals surface area contributed by atoms with Crippen molar-refractivity contribution in [1.29, 1.82) is 0 Å². The summed E-state index contributed by atoms with van der Waals surface area (Å²) in [7, 11) is 0. The van der Waals surface area contributed by atoms with Gasteiger partial charge in [0.05, 0.1) is 12.6 Å². The van der Waals surface area contributed by atoms with Crippen LogP contribution in [0, 0.1) is 5.92 Å². The molecule has 0 spiro atoms. The lowest BCUT2D eigenvalue weighted by atomic mass is 9.84. The molecule has 0 saturated heterocycles. The largest absolute Gasteiger partial charge is 0.334 e. The van der Waals surface area contributed by atoms with Crippen LogP contribution in [0.3, 0.4) is 0 Å². The fourth-order valence-corrected chi connectivity index (χ4v) is 3.23. The molecule has 3 rings (SSSR count). The Bertz CT molecular complexity index is 654. The smallest absolute Gasteiger partial charge is 0.318 e. The molecule has 2 aromatic rings. The van der Waals surface area contributed by atoms with E-state index < -0.39 is 0 Å². The first-order chi connectivity index (χ1) is 12.1. The number of rotatable bonds is 7. The van der Waals surface area contributed by atoms with E-state index in [0.717, 1.165) is 6.54 Å². The zero-order valence-corrected chi connectivity index (χ0v) is 15.0. The van der Waals surface area contributed by atoms with Gasteiger partial charge >= 0.3 is 6.03 Å². The van der Waals surface area contributed by atoms with Crippen LogP contribution in [-0.4, -0.2) is 38.3 Å². The van der Waals surface area contributed by atoms with Crippen molar-refractivity contribution in [2.24, 2.45) is 5.92 Å². The molecule has 1 aromatic heterocycles. The van der Waals surface area contributed by atoms with Gasteiger partial charge in [0.15, 0.2) is 0 Å². The Morgan fingerprint density at radius 2 is 2.08 bits per heavy atom. The topological polar surface area (TPSA) is 63.1 Å². The number of urea groups is 1. The molecule has 0 radical (unpaired) electrons. The van der Waals surface area contributed by atoms with Crippen molar-refractivity contribution >= 4 is 6.03 Å². The Balaban J connectivity index is 1.65. The Hall–Kier alpha value is -2.37. The molecule has 1 saturated carbocycles. The predicted molar refractivity (Wildman–Crippen MR) is 96.9 cm³/mol. The highest BCUT2D eigenvalue weighted by Crippen LogP contribution is 2.30. The number of hydrogen-bond donors (Lipinski definition) is 1. The first-order valence-electron chi connectivity index (χ1n) is 9.08. The molecule has 1 fully saturated rings. The lowest BCUT2D eigenvalue weighted by molar-refractivity contribution is 0.142. The van der Waals surface area contributed by atoms with Crippen molar-refractivity contribution in [3.8, 4) is 0 Å². The standard InChI is InChI=1S/C19H27N5O/c1-15(11-23-14-20-13-21-23)22-19(25)24(12-17-7-6-8-17)16(2)18-9-4-3-5-10-18/h3-5,9-10,13-17H,6-8,11-12H2,1-2H3,(H,22,25). The molecule has 6 heteroatoms. The van der Waals surface area contributed by atoms with Gasteiger partial charge in [0.25, 0.3) is 0 Å². The van der Waals surface area contributed by atoms with Gasteiger partial charge < -0.3 is 10.2 Å². The van der Waals surface area contributed by atoms with Crippen LogP contribution in [0.15, 0.2) is 43.0 Å². The third-order valence-corrected chi connectivity index (χ3v) is 4.99. The summed E-state index contributed by atoms with van der Waals surface area (Å²) in [5.74, 6) is 0.627. The lowest BCUT2D eigenvalue weighted by Gasteiger charge is -2.37. The Kier molecular flexibility index (Phi) is 5.68. The molecule has 1 heterocycles. The Morgan fingerprint density at radius 1 is 1.32 bits per heavy atom.